The summed E-state index contributed by atoms with van der Waals surface area (Å²) in [5, 5.41) is 12.6. The van der Waals surface area contributed by atoms with E-state index in [0.717, 1.165) is 25.3 Å². The van der Waals surface area contributed by atoms with Gasteiger partial charge in [-0.1, -0.05) is 12.8 Å². The van der Waals surface area contributed by atoms with Gasteiger partial charge in [0.1, 0.15) is 5.54 Å². The summed E-state index contributed by atoms with van der Waals surface area (Å²) in [5.74, 6) is 0.150. The van der Waals surface area contributed by atoms with Crippen LogP contribution in [0.5, 0.6) is 0 Å². The number of rotatable bonds is 10. The molecule has 1 aliphatic rings. The molecule has 0 aromatic rings. The molecule has 0 bridgehead atoms. The molecule has 0 saturated heterocycles. The fourth-order valence-electron chi connectivity index (χ4n) is 3.46. The number of hydrogen-bond donors (Lipinski definition) is 2. The quantitative estimate of drug-likeness (QED) is 0.608. The van der Waals surface area contributed by atoms with Crippen LogP contribution in [0.4, 0.5) is 0 Å². The van der Waals surface area contributed by atoms with E-state index < -0.39 is 11.5 Å². The number of carboxylic acids is 1. The van der Waals surface area contributed by atoms with Gasteiger partial charge in [0.25, 0.3) is 0 Å². The van der Waals surface area contributed by atoms with Crippen molar-refractivity contribution in [3.05, 3.63) is 0 Å². The average molecular weight is 298 g/mol. The van der Waals surface area contributed by atoms with Gasteiger partial charge in [0, 0.05) is 12.6 Å². The van der Waals surface area contributed by atoms with E-state index in [-0.39, 0.29) is 6.04 Å². The molecule has 1 aliphatic carbocycles. The molecular weight excluding hydrogens is 264 g/mol. The summed E-state index contributed by atoms with van der Waals surface area (Å²) in [6.45, 7) is 8.08. The van der Waals surface area contributed by atoms with E-state index in [4.69, 9.17) is 0 Å². The zero-order valence-electron chi connectivity index (χ0n) is 14.3. The van der Waals surface area contributed by atoms with Gasteiger partial charge in [0.2, 0.25) is 0 Å². The summed E-state index contributed by atoms with van der Waals surface area (Å²) in [6.07, 6.45) is 8.30. The number of carbonyl (C=O) groups is 1. The van der Waals surface area contributed by atoms with E-state index in [0.29, 0.717) is 6.42 Å². The van der Waals surface area contributed by atoms with Gasteiger partial charge >= 0.3 is 5.97 Å². The van der Waals surface area contributed by atoms with Gasteiger partial charge in [-0.2, -0.15) is 0 Å². The summed E-state index contributed by atoms with van der Waals surface area (Å²) in [5.41, 5.74) is -0.793. The maximum absolute atomic E-state index is 11.4. The Bertz CT molecular complexity index is 314. The van der Waals surface area contributed by atoms with Crippen LogP contribution in [0, 0.1) is 5.92 Å². The van der Waals surface area contributed by atoms with Crippen molar-refractivity contribution < 1.29 is 9.90 Å². The number of carboxylic acid groups (broad SMARTS) is 1. The number of unbranched alkanes of at least 4 members (excludes halogenated alkanes) is 1. The van der Waals surface area contributed by atoms with Crippen LogP contribution in [-0.2, 0) is 4.79 Å². The standard InChI is InChI=1S/C17H34N2O2/c1-14(2)18-17(3,16(20)21)11-7-8-12-19(4)13-15-9-5-6-10-15/h14-15,18H,5-13H2,1-4H3,(H,20,21). The van der Waals surface area contributed by atoms with Crippen molar-refractivity contribution in [1.29, 1.82) is 0 Å². The van der Waals surface area contributed by atoms with Gasteiger partial charge in [-0.05, 0) is 72.4 Å². The third-order valence-electron chi connectivity index (χ3n) is 4.59. The summed E-state index contributed by atoms with van der Waals surface area (Å²) < 4.78 is 0. The summed E-state index contributed by atoms with van der Waals surface area (Å²) in [4.78, 5) is 13.9. The lowest BCUT2D eigenvalue weighted by atomic mass is 9.94. The van der Waals surface area contributed by atoms with E-state index in [2.05, 4.69) is 17.3 Å². The Balaban J connectivity index is 2.22. The smallest absolute Gasteiger partial charge is 0.323 e. The van der Waals surface area contributed by atoms with Gasteiger partial charge in [-0.3, -0.25) is 10.1 Å². The van der Waals surface area contributed by atoms with Gasteiger partial charge in [-0.15, -0.1) is 0 Å². The van der Waals surface area contributed by atoms with Gasteiger partial charge in [0.05, 0.1) is 0 Å². The highest BCUT2D eigenvalue weighted by atomic mass is 16.4. The van der Waals surface area contributed by atoms with Crippen LogP contribution in [0.1, 0.15) is 65.7 Å². The molecule has 124 valence electrons. The zero-order valence-corrected chi connectivity index (χ0v) is 14.3. The largest absolute Gasteiger partial charge is 0.480 e. The monoisotopic (exact) mass is 298 g/mol. The maximum Gasteiger partial charge on any atom is 0.323 e. The predicted octanol–water partition coefficient (Wildman–Crippen LogP) is 3.12. The van der Waals surface area contributed by atoms with Crippen LogP contribution in [0.3, 0.4) is 0 Å². The summed E-state index contributed by atoms with van der Waals surface area (Å²) in [6, 6.07) is 0.191. The van der Waals surface area contributed by atoms with Crippen molar-refractivity contribution in [1.82, 2.24) is 10.2 Å². The summed E-state index contributed by atoms with van der Waals surface area (Å²) in [7, 11) is 2.20. The third kappa shape index (κ3) is 6.79. The van der Waals surface area contributed by atoms with Gasteiger partial charge in [-0.25, -0.2) is 0 Å². The van der Waals surface area contributed by atoms with E-state index in [1.165, 1.54) is 32.2 Å². The maximum atomic E-state index is 11.4. The highest BCUT2D eigenvalue weighted by Crippen LogP contribution is 2.25. The van der Waals surface area contributed by atoms with Crippen LogP contribution >= 0.6 is 0 Å². The second-order valence-electron chi connectivity index (χ2n) is 7.31. The van der Waals surface area contributed by atoms with Crippen LogP contribution in [0.2, 0.25) is 0 Å². The molecule has 1 fully saturated rings. The minimum Gasteiger partial charge on any atom is -0.480 e. The van der Waals surface area contributed by atoms with E-state index in [1.54, 1.807) is 6.92 Å². The third-order valence-corrected chi connectivity index (χ3v) is 4.59. The zero-order chi connectivity index (χ0) is 15.9. The first-order chi connectivity index (χ1) is 9.83. The molecule has 1 atom stereocenters. The first-order valence-electron chi connectivity index (χ1n) is 8.53. The van der Waals surface area contributed by atoms with Gasteiger partial charge in [0.15, 0.2) is 0 Å². The fraction of sp³-hybridized carbons (Fsp3) is 0.941. The van der Waals surface area contributed by atoms with Gasteiger partial charge < -0.3 is 10.0 Å². The minimum atomic E-state index is -0.793. The molecule has 0 spiro atoms. The van der Waals surface area contributed by atoms with E-state index in [9.17, 15) is 9.90 Å². The van der Waals surface area contributed by atoms with Crippen molar-refractivity contribution in [3.63, 3.8) is 0 Å². The molecule has 4 heteroatoms. The summed E-state index contributed by atoms with van der Waals surface area (Å²) >= 11 is 0. The lowest BCUT2D eigenvalue weighted by molar-refractivity contribution is -0.144. The number of hydrogen-bond acceptors (Lipinski definition) is 3. The molecule has 0 aromatic carbocycles. The molecule has 21 heavy (non-hydrogen) atoms. The van der Waals surface area contributed by atoms with Crippen molar-refractivity contribution in [2.24, 2.45) is 5.92 Å². The second-order valence-corrected chi connectivity index (χ2v) is 7.31. The molecule has 4 nitrogen and oxygen atoms in total. The average Bonchev–Trinajstić information content (AvgIpc) is 2.86. The highest BCUT2D eigenvalue weighted by molar-refractivity contribution is 5.78. The lowest BCUT2D eigenvalue weighted by Crippen LogP contribution is -2.52. The van der Waals surface area contributed by atoms with Crippen molar-refractivity contribution in [3.8, 4) is 0 Å². The Morgan fingerprint density at radius 1 is 1.33 bits per heavy atom. The second kappa shape index (κ2) is 8.74. The fourth-order valence-corrected chi connectivity index (χ4v) is 3.46. The van der Waals surface area contributed by atoms with Crippen LogP contribution < -0.4 is 5.32 Å². The predicted molar refractivity (Wildman–Crippen MR) is 87.6 cm³/mol. The van der Waals surface area contributed by atoms with Crippen LogP contribution in [0.25, 0.3) is 0 Å². The molecule has 0 aliphatic heterocycles. The molecule has 1 unspecified atom stereocenters. The lowest BCUT2D eigenvalue weighted by Gasteiger charge is -2.29. The van der Waals surface area contributed by atoms with Crippen molar-refractivity contribution >= 4 is 5.97 Å². The molecule has 0 radical (unpaired) electrons. The molecule has 0 heterocycles. The first kappa shape index (κ1) is 18.4. The Morgan fingerprint density at radius 3 is 2.48 bits per heavy atom. The number of nitrogens with zero attached hydrogens (tertiary/aromatic N) is 1. The minimum absolute atomic E-state index is 0.191. The topological polar surface area (TPSA) is 52.6 Å². The van der Waals surface area contributed by atoms with E-state index >= 15 is 0 Å². The molecular formula is C17H34N2O2. The Morgan fingerprint density at radius 2 is 1.95 bits per heavy atom. The van der Waals surface area contributed by atoms with Crippen LogP contribution in [0.15, 0.2) is 0 Å². The SMILES string of the molecule is CC(C)NC(C)(CCCCN(C)CC1CCCC1)C(=O)O. The van der Waals surface area contributed by atoms with Crippen molar-refractivity contribution in [2.45, 2.75) is 77.3 Å². The molecule has 1 saturated carbocycles. The van der Waals surface area contributed by atoms with E-state index in [1.807, 2.05) is 13.8 Å². The molecule has 0 amide bonds. The van der Waals surface area contributed by atoms with Crippen LogP contribution in [-0.4, -0.2) is 47.7 Å². The van der Waals surface area contributed by atoms with Crippen molar-refractivity contribution in [2.75, 3.05) is 20.1 Å². The molecule has 2 N–H and O–H groups in total. The first-order valence-corrected chi connectivity index (χ1v) is 8.53. The highest BCUT2D eigenvalue weighted by Gasteiger charge is 2.32. The normalized spacial score (nSPS) is 19.3. The Labute approximate surface area is 130 Å². The Kier molecular flexibility index (Phi) is 7.67. The molecule has 0 aromatic heterocycles. The number of nitrogens with one attached hydrogen (secondary N) is 1. The number of aliphatic carboxylic acids is 1. The molecule has 1 rings (SSSR count). The Hall–Kier alpha value is -0.610.